The molecule has 1 N–H and O–H groups in total. The van der Waals surface area contributed by atoms with Crippen molar-refractivity contribution >= 4 is 27.7 Å². The molecular weight excluding hydrogens is 246 g/mol. The first-order chi connectivity index (χ1) is 8.81. The van der Waals surface area contributed by atoms with Crippen LogP contribution in [-0.4, -0.2) is 16.3 Å². The summed E-state index contributed by atoms with van der Waals surface area (Å²) in [6, 6.07) is 7.69. The number of aromatic amines is 1. The van der Waals surface area contributed by atoms with Gasteiger partial charge in [-0.1, -0.05) is 0 Å². The summed E-state index contributed by atoms with van der Waals surface area (Å²) < 4.78 is 0.921. The van der Waals surface area contributed by atoms with Crippen LogP contribution in [0.25, 0.3) is 20.7 Å². The highest BCUT2D eigenvalue weighted by molar-refractivity contribution is 7.22. The van der Waals surface area contributed by atoms with Crippen LogP contribution in [0.5, 0.6) is 0 Å². The van der Waals surface area contributed by atoms with Crippen molar-refractivity contribution in [2.24, 2.45) is 0 Å². The summed E-state index contributed by atoms with van der Waals surface area (Å²) in [5.41, 5.74) is 1.99. The molecule has 3 aromatic rings. The maximum absolute atomic E-state index is 10.6. The van der Waals surface area contributed by atoms with Gasteiger partial charge in [0, 0.05) is 17.8 Å². The summed E-state index contributed by atoms with van der Waals surface area (Å²) >= 11 is 1.52. The molecule has 0 fully saturated rings. The zero-order valence-electron chi connectivity index (χ0n) is 9.18. The highest BCUT2D eigenvalue weighted by Gasteiger charge is 2.09. The summed E-state index contributed by atoms with van der Waals surface area (Å²) in [5, 5.41) is 9.96. The molecule has 3 rings (SSSR count). The van der Waals surface area contributed by atoms with E-state index in [9.17, 15) is 4.79 Å². The number of nitrogens with zero attached hydrogens (tertiary/aromatic N) is 2. The normalized spacial score (nSPS) is 10.4. The number of aromatic nitrogens is 2. The predicted molar refractivity (Wildman–Crippen MR) is 69.5 cm³/mol. The van der Waals surface area contributed by atoms with Gasteiger partial charge >= 0.3 is 0 Å². The number of rotatable bonds is 2. The van der Waals surface area contributed by atoms with E-state index in [1.165, 1.54) is 11.3 Å². The van der Waals surface area contributed by atoms with E-state index in [2.05, 4.69) is 16.0 Å². The maximum Gasteiger partial charge on any atom is 0.166 e. The minimum atomic E-state index is 0.543. The van der Waals surface area contributed by atoms with Gasteiger partial charge in [0.1, 0.15) is 6.07 Å². The molecule has 3 heterocycles. The third-order valence-corrected chi connectivity index (χ3v) is 3.86. The lowest BCUT2D eigenvalue weighted by molar-refractivity contribution is 0.111. The van der Waals surface area contributed by atoms with Crippen LogP contribution in [0.3, 0.4) is 0 Å². The van der Waals surface area contributed by atoms with Crippen LogP contribution < -0.4 is 0 Å². The molecule has 0 atom stereocenters. The summed E-state index contributed by atoms with van der Waals surface area (Å²) in [5.74, 6) is 0. The molecular formula is C13H7N3OS. The van der Waals surface area contributed by atoms with Crippen molar-refractivity contribution in [2.75, 3.05) is 0 Å². The van der Waals surface area contributed by atoms with Crippen molar-refractivity contribution in [3.05, 3.63) is 41.9 Å². The SMILES string of the molecule is N#Cc1cncc2cc(-c3ccc(C=O)[nH]3)sc12. The second kappa shape index (κ2) is 4.09. The average molecular weight is 253 g/mol. The van der Waals surface area contributed by atoms with Gasteiger partial charge < -0.3 is 4.98 Å². The van der Waals surface area contributed by atoms with E-state index >= 15 is 0 Å². The highest BCUT2D eigenvalue weighted by atomic mass is 32.1. The standard InChI is InChI=1S/C13H7N3OS/c14-4-9-6-15-5-8-3-12(18-13(8)9)11-2-1-10(7-17)16-11/h1-3,5-7,16H. The van der Waals surface area contributed by atoms with Crippen molar-refractivity contribution in [2.45, 2.75) is 0 Å². The van der Waals surface area contributed by atoms with Crippen LogP contribution in [0.1, 0.15) is 16.1 Å². The molecule has 5 heteroatoms. The lowest BCUT2D eigenvalue weighted by Gasteiger charge is -1.89. The Bertz CT molecular complexity index is 779. The number of aldehydes is 1. The van der Waals surface area contributed by atoms with Gasteiger partial charge in [-0.2, -0.15) is 5.26 Å². The predicted octanol–water partition coefficient (Wildman–Crippen LogP) is 2.98. The Kier molecular flexibility index (Phi) is 2.43. The fraction of sp³-hybridized carbons (Fsp3) is 0. The number of nitrogens with one attached hydrogen (secondary N) is 1. The second-order valence-corrected chi connectivity index (χ2v) is 4.83. The van der Waals surface area contributed by atoms with Crippen molar-refractivity contribution in [1.29, 1.82) is 5.26 Å². The van der Waals surface area contributed by atoms with Gasteiger partial charge in [0.15, 0.2) is 6.29 Å². The Balaban J connectivity index is 2.19. The highest BCUT2D eigenvalue weighted by Crippen LogP contribution is 2.34. The third kappa shape index (κ3) is 1.60. The molecule has 0 bridgehead atoms. The van der Waals surface area contributed by atoms with Gasteiger partial charge in [-0.3, -0.25) is 9.78 Å². The molecule has 0 aromatic carbocycles. The van der Waals surface area contributed by atoms with Crippen LogP contribution in [0, 0.1) is 11.3 Å². The van der Waals surface area contributed by atoms with Crippen LogP contribution in [0.15, 0.2) is 30.6 Å². The summed E-state index contributed by atoms with van der Waals surface area (Å²) in [7, 11) is 0. The molecule has 3 aromatic heterocycles. The fourth-order valence-corrected chi connectivity index (χ4v) is 2.87. The quantitative estimate of drug-likeness (QED) is 0.714. The summed E-state index contributed by atoms with van der Waals surface area (Å²) in [6.07, 6.45) is 4.08. The van der Waals surface area contributed by atoms with E-state index in [0.29, 0.717) is 11.3 Å². The molecule has 0 spiro atoms. The van der Waals surface area contributed by atoms with Gasteiger partial charge in [0.2, 0.25) is 0 Å². The molecule has 0 unspecified atom stereocenters. The minimum Gasteiger partial charge on any atom is -0.352 e. The molecule has 0 saturated carbocycles. The Morgan fingerprint density at radius 2 is 2.28 bits per heavy atom. The topological polar surface area (TPSA) is 69.5 Å². The van der Waals surface area contributed by atoms with Crippen LogP contribution in [0.4, 0.5) is 0 Å². The lowest BCUT2D eigenvalue weighted by atomic mass is 10.2. The first-order valence-corrected chi connectivity index (χ1v) is 6.05. The van der Waals surface area contributed by atoms with Crippen molar-refractivity contribution in [1.82, 2.24) is 9.97 Å². The molecule has 18 heavy (non-hydrogen) atoms. The zero-order valence-corrected chi connectivity index (χ0v) is 9.99. The lowest BCUT2D eigenvalue weighted by Crippen LogP contribution is -1.77. The number of carbonyl (C=O) groups is 1. The van der Waals surface area contributed by atoms with Crippen molar-refractivity contribution < 1.29 is 4.79 Å². The number of thiophene rings is 1. The number of hydrogen-bond acceptors (Lipinski definition) is 4. The number of pyridine rings is 1. The van der Waals surface area contributed by atoms with Crippen LogP contribution in [0.2, 0.25) is 0 Å². The summed E-state index contributed by atoms with van der Waals surface area (Å²) in [6.45, 7) is 0. The van der Waals surface area contributed by atoms with Gasteiger partial charge in [0.25, 0.3) is 0 Å². The molecule has 0 saturated heterocycles. The van der Waals surface area contributed by atoms with E-state index < -0.39 is 0 Å². The van der Waals surface area contributed by atoms with E-state index in [1.807, 2.05) is 12.1 Å². The first-order valence-electron chi connectivity index (χ1n) is 5.24. The van der Waals surface area contributed by atoms with Gasteiger partial charge in [-0.15, -0.1) is 11.3 Å². The minimum absolute atomic E-state index is 0.543. The molecule has 0 radical (unpaired) electrons. The van der Waals surface area contributed by atoms with Gasteiger partial charge in [-0.25, -0.2) is 0 Å². The Labute approximate surface area is 107 Å². The molecule has 0 aliphatic carbocycles. The monoisotopic (exact) mass is 253 g/mol. The van der Waals surface area contributed by atoms with E-state index in [0.717, 1.165) is 26.9 Å². The number of nitriles is 1. The molecule has 0 aliphatic heterocycles. The van der Waals surface area contributed by atoms with Gasteiger partial charge in [0.05, 0.1) is 26.5 Å². The zero-order chi connectivity index (χ0) is 12.5. The first kappa shape index (κ1) is 10.7. The third-order valence-electron chi connectivity index (χ3n) is 2.64. The molecule has 0 amide bonds. The Morgan fingerprint density at radius 1 is 1.39 bits per heavy atom. The largest absolute Gasteiger partial charge is 0.352 e. The average Bonchev–Trinajstić information content (AvgIpc) is 3.03. The Hall–Kier alpha value is -2.45. The van der Waals surface area contributed by atoms with Crippen molar-refractivity contribution in [3.8, 4) is 16.6 Å². The maximum atomic E-state index is 10.6. The van der Waals surface area contributed by atoms with E-state index in [4.69, 9.17) is 5.26 Å². The smallest absolute Gasteiger partial charge is 0.166 e. The molecule has 0 aliphatic rings. The van der Waals surface area contributed by atoms with Crippen molar-refractivity contribution in [3.63, 3.8) is 0 Å². The number of carbonyl (C=O) groups excluding carboxylic acids is 1. The second-order valence-electron chi connectivity index (χ2n) is 3.77. The molecule has 86 valence electrons. The van der Waals surface area contributed by atoms with Gasteiger partial charge in [-0.05, 0) is 18.2 Å². The number of H-pyrrole nitrogens is 1. The van der Waals surface area contributed by atoms with Crippen LogP contribution in [-0.2, 0) is 0 Å². The Morgan fingerprint density at radius 3 is 3.00 bits per heavy atom. The summed E-state index contributed by atoms with van der Waals surface area (Å²) in [4.78, 5) is 18.7. The number of hydrogen-bond donors (Lipinski definition) is 1. The van der Waals surface area contributed by atoms with E-state index in [1.54, 1.807) is 18.5 Å². The molecule has 4 nitrogen and oxygen atoms in total. The van der Waals surface area contributed by atoms with Crippen LogP contribution >= 0.6 is 11.3 Å². The fourth-order valence-electron chi connectivity index (χ4n) is 1.80. The van der Waals surface area contributed by atoms with E-state index in [-0.39, 0.29) is 0 Å². The number of fused-ring (bicyclic) bond motifs is 1.